The second kappa shape index (κ2) is 14.5. The normalized spacial score (nSPS) is 14.5. The van der Waals surface area contributed by atoms with Crippen molar-refractivity contribution in [2.45, 2.75) is 53.4 Å². The molecule has 1 aliphatic rings. The zero-order chi connectivity index (χ0) is 32.8. The number of ether oxygens (including phenoxy) is 5. The molecule has 0 radical (unpaired) electrons. The van der Waals surface area contributed by atoms with Crippen molar-refractivity contribution in [2.24, 2.45) is 4.99 Å². The number of carbonyl (C=O) groups excluding carboxylic acids is 1. The summed E-state index contributed by atoms with van der Waals surface area (Å²) in [6.07, 6.45) is 1.73. The van der Waals surface area contributed by atoms with E-state index in [1.165, 1.54) is 11.3 Å². The van der Waals surface area contributed by atoms with Crippen LogP contribution in [0.4, 0.5) is 0 Å². The number of nitrogens with zero attached hydrogens (tertiary/aromatic N) is 2. The molecular formula is C36H38N2O7S. The van der Waals surface area contributed by atoms with Crippen molar-refractivity contribution in [3.05, 3.63) is 114 Å². The van der Waals surface area contributed by atoms with E-state index in [4.69, 9.17) is 23.7 Å². The maximum absolute atomic E-state index is 14.1. The molecule has 0 saturated carbocycles. The molecule has 0 fully saturated rings. The minimum atomic E-state index is -0.785. The van der Waals surface area contributed by atoms with E-state index < -0.39 is 12.0 Å². The van der Waals surface area contributed by atoms with E-state index in [1.807, 2.05) is 75.4 Å². The van der Waals surface area contributed by atoms with E-state index in [9.17, 15) is 9.59 Å². The van der Waals surface area contributed by atoms with E-state index >= 15 is 0 Å². The predicted molar refractivity (Wildman–Crippen MR) is 178 cm³/mol. The van der Waals surface area contributed by atoms with Gasteiger partial charge in [-0.3, -0.25) is 9.36 Å². The van der Waals surface area contributed by atoms with Crippen LogP contribution in [0.25, 0.3) is 6.08 Å². The lowest BCUT2D eigenvalue weighted by molar-refractivity contribution is -0.139. The highest BCUT2D eigenvalue weighted by molar-refractivity contribution is 7.07. The number of benzene rings is 3. The fourth-order valence-corrected chi connectivity index (χ4v) is 6.25. The Kier molecular flexibility index (Phi) is 10.3. The molecule has 3 aromatic carbocycles. The van der Waals surface area contributed by atoms with Crippen molar-refractivity contribution in [3.8, 4) is 23.0 Å². The van der Waals surface area contributed by atoms with Crippen LogP contribution in [0.15, 0.2) is 87.8 Å². The molecule has 2 heterocycles. The Hall–Kier alpha value is -4.83. The number of thiazole rings is 1. The summed E-state index contributed by atoms with van der Waals surface area (Å²) >= 11 is 1.25. The molecule has 0 spiro atoms. The van der Waals surface area contributed by atoms with Crippen LogP contribution in [0.5, 0.6) is 23.0 Å². The van der Waals surface area contributed by atoms with Crippen LogP contribution in [-0.4, -0.2) is 37.0 Å². The SMILES string of the molecule is CCOC(=O)C1=C(C)N=c2s/c(=C\c3ccc(OCc4ccccc4)c(OCC)c3)c(=O)n2[C@@H]1c1ccc(OC(C)C)c(OC)c1. The average Bonchev–Trinajstić information content (AvgIpc) is 3.34. The summed E-state index contributed by atoms with van der Waals surface area (Å²) in [5.41, 5.74) is 2.95. The van der Waals surface area contributed by atoms with Crippen molar-refractivity contribution in [2.75, 3.05) is 20.3 Å². The first-order chi connectivity index (χ1) is 22.2. The fraction of sp³-hybridized carbons (Fsp3) is 0.306. The summed E-state index contributed by atoms with van der Waals surface area (Å²) in [6.45, 7) is 10.3. The summed E-state index contributed by atoms with van der Waals surface area (Å²) in [4.78, 5) is 32.6. The quantitative estimate of drug-likeness (QED) is 0.186. The average molecular weight is 643 g/mol. The Bertz CT molecular complexity index is 1930. The van der Waals surface area contributed by atoms with Gasteiger partial charge in [-0.05, 0) is 81.7 Å². The lowest BCUT2D eigenvalue weighted by atomic mass is 9.95. The van der Waals surface area contributed by atoms with Gasteiger partial charge in [0, 0.05) is 0 Å². The topological polar surface area (TPSA) is 97.6 Å². The molecule has 1 atom stereocenters. The summed E-state index contributed by atoms with van der Waals surface area (Å²) < 4.78 is 30.9. The number of hydrogen-bond acceptors (Lipinski definition) is 9. The predicted octanol–water partition coefficient (Wildman–Crippen LogP) is 5.57. The molecule has 1 aromatic heterocycles. The Morgan fingerprint density at radius 2 is 1.72 bits per heavy atom. The van der Waals surface area contributed by atoms with Crippen LogP contribution < -0.4 is 33.8 Å². The number of rotatable bonds is 12. The van der Waals surface area contributed by atoms with E-state index in [0.717, 1.165) is 11.1 Å². The van der Waals surface area contributed by atoms with Gasteiger partial charge in [0.25, 0.3) is 5.56 Å². The minimum Gasteiger partial charge on any atom is -0.493 e. The zero-order valence-electron chi connectivity index (χ0n) is 26.9. The largest absolute Gasteiger partial charge is 0.493 e. The molecule has 0 bridgehead atoms. The fourth-order valence-electron chi connectivity index (χ4n) is 5.20. The van der Waals surface area contributed by atoms with Crippen molar-refractivity contribution < 1.29 is 28.5 Å². The van der Waals surface area contributed by atoms with Gasteiger partial charge in [-0.15, -0.1) is 0 Å². The summed E-state index contributed by atoms with van der Waals surface area (Å²) in [5.74, 6) is 1.71. The van der Waals surface area contributed by atoms with Crippen molar-refractivity contribution in [1.29, 1.82) is 0 Å². The molecule has 0 amide bonds. The first kappa shape index (κ1) is 32.6. The molecule has 0 N–H and O–H groups in total. The van der Waals surface area contributed by atoms with Gasteiger partial charge in [-0.25, -0.2) is 9.79 Å². The summed E-state index contributed by atoms with van der Waals surface area (Å²) in [6, 6.07) is 20.1. The van der Waals surface area contributed by atoms with E-state index in [1.54, 1.807) is 43.7 Å². The number of allylic oxidation sites excluding steroid dienone is 1. The number of fused-ring (bicyclic) bond motifs is 1. The van der Waals surface area contributed by atoms with Gasteiger partial charge in [0.15, 0.2) is 27.8 Å². The second-order valence-corrected chi connectivity index (χ2v) is 11.8. The molecule has 4 aromatic rings. The van der Waals surface area contributed by atoms with E-state index in [-0.39, 0.29) is 18.3 Å². The lowest BCUT2D eigenvalue weighted by Gasteiger charge is -2.25. The van der Waals surface area contributed by atoms with Crippen LogP contribution in [0.3, 0.4) is 0 Å². The standard InChI is InChI=1S/C36H38N2O7S/c1-7-42-30-18-25(14-16-27(30)44-21-24-12-10-9-11-13-24)19-31-34(39)38-33(26-15-17-28(45-22(3)4)29(20-26)41-6)32(35(40)43-8-2)23(5)37-36(38)46-31/h9-20,22,33H,7-8,21H2,1-6H3/b31-19-/t33-/m1/s1. The summed E-state index contributed by atoms with van der Waals surface area (Å²) in [7, 11) is 1.56. The van der Waals surface area contributed by atoms with Gasteiger partial charge in [-0.2, -0.15) is 0 Å². The second-order valence-electron chi connectivity index (χ2n) is 10.8. The lowest BCUT2D eigenvalue weighted by Crippen LogP contribution is -2.40. The maximum Gasteiger partial charge on any atom is 0.338 e. The van der Waals surface area contributed by atoms with Crippen LogP contribution in [-0.2, 0) is 16.1 Å². The van der Waals surface area contributed by atoms with Gasteiger partial charge in [0.05, 0.1) is 48.3 Å². The zero-order valence-corrected chi connectivity index (χ0v) is 27.7. The van der Waals surface area contributed by atoms with E-state index in [2.05, 4.69) is 4.99 Å². The van der Waals surface area contributed by atoms with Crippen LogP contribution in [0.1, 0.15) is 57.4 Å². The van der Waals surface area contributed by atoms with Gasteiger partial charge in [0.1, 0.15) is 6.61 Å². The van der Waals surface area contributed by atoms with Gasteiger partial charge in [0.2, 0.25) is 0 Å². The molecule has 0 aliphatic carbocycles. The third kappa shape index (κ3) is 7.02. The van der Waals surface area contributed by atoms with Crippen molar-refractivity contribution in [3.63, 3.8) is 0 Å². The molecule has 1 aliphatic heterocycles. The first-order valence-electron chi connectivity index (χ1n) is 15.2. The highest BCUT2D eigenvalue weighted by Gasteiger charge is 2.34. The third-order valence-electron chi connectivity index (χ3n) is 7.19. The Labute approximate surface area is 272 Å². The first-order valence-corrected chi connectivity index (χ1v) is 16.0. The molecule has 9 nitrogen and oxygen atoms in total. The molecule has 46 heavy (non-hydrogen) atoms. The number of aromatic nitrogens is 1. The number of esters is 1. The molecule has 5 rings (SSSR count). The van der Waals surface area contributed by atoms with Crippen molar-refractivity contribution >= 4 is 23.4 Å². The van der Waals surface area contributed by atoms with Crippen LogP contribution >= 0.6 is 11.3 Å². The molecule has 0 saturated heterocycles. The number of methoxy groups -OCH3 is 1. The third-order valence-corrected chi connectivity index (χ3v) is 8.17. The molecular weight excluding hydrogens is 604 g/mol. The molecule has 240 valence electrons. The Morgan fingerprint density at radius 1 is 0.957 bits per heavy atom. The monoisotopic (exact) mass is 642 g/mol. The highest BCUT2D eigenvalue weighted by atomic mass is 32.1. The van der Waals surface area contributed by atoms with Crippen molar-refractivity contribution in [1.82, 2.24) is 4.57 Å². The van der Waals surface area contributed by atoms with Gasteiger partial charge < -0.3 is 23.7 Å². The molecule has 10 heteroatoms. The summed E-state index contributed by atoms with van der Waals surface area (Å²) in [5, 5.41) is 0. The molecule has 0 unspecified atom stereocenters. The number of carbonyl (C=O) groups is 1. The highest BCUT2D eigenvalue weighted by Crippen LogP contribution is 2.36. The van der Waals surface area contributed by atoms with Crippen LogP contribution in [0, 0.1) is 0 Å². The van der Waals surface area contributed by atoms with Gasteiger partial charge >= 0.3 is 5.97 Å². The Morgan fingerprint density at radius 3 is 2.41 bits per heavy atom. The van der Waals surface area contributed by atoms with Gasteiger partial charge in [-0.1, -0.05) is 53.8 Å². The Balaban J connectivity index is 1.59. The maximum atomic E-state index is 14.1. The minimum absolute atomic E-state index is 0.0672. The number of hydrogen-bond donors (Lipinski definition) is 0. The van der Waals surface area contributed by atoms with E-state index in [0.29, 0.717) is 62.4 Å². The smallest absolute Gasteiger partial charge is 0.338 e. The van der Waals surface area contributed by atoms with Crippen LogP contribution in [0.2, 0.25) is 0 Å².